The number of carbonyl (C=O) groups is 1. The van der Waals surface area contributed by atoms with Gasteiger partial charge in [-0.05, 0) is 58.6 Å². The Morgan fingerprint density at radius 1 is 1.27 bits per heavy atom. The number of nitrogens with zero attached hydrogens (tertiary/aromatic N) is 4. The van der Waals surface area contributed by atoms with Gasteiger partial charge in [-0.3, -0.25) is 13.9 Å². The molecule has 4 N–H and O–H groups in total. The molecule has 2 fully saturated rings. The number of halogens is 2. The lowest BCUT2D eigenvalue weighted by molar-refractivity contribution is -0.192. The summed E-state index contributed by atoms with van der Waals surface area (Å²) in [4.78, 5) is 25.1. The number of anilines is 1. The molecule has 17 heteroatoms. The van der Waals surface area contributed by atoms with Gasteiger partial charge >= 0.3 is 13.7 Å². The molecule has 0 spiro atoms. The third kappa shape index (κ3) is 7.04. The van der Waals surface area contributed by atoms with Crippen LogP contribution in [0.5, 0.6) is 11.6 Å². The second-order valence-electron chi connectivity index (χ2n) is 11.2. The van der Waals surface area contributed by atoms with Crippen LogP contribution in [-0.4, -0.2) is 73.6 Å². The van der Waals surface area contributed by atoms with Gasteiger partial charge in [0.05, 0.1) is 12.9 Å². The van der Waals surface area contributed by atoms with E-state index >= 15 is 8.78 Å². The van der Waals surface area contributed by atoms with Crippen molar-refractivity contribution in [2.75, 3.05) is 18.9 Å². The van der Waals surface area contributed by atoms with E-state index < -0.39 is 50.2 Å². The molecule has 1 unspecified atom stereocenters. The van der Waals surface area contributed by atoms with Crippen molar-refractivity contribution in [3.63, 3.8) is 0 Å². The number of benzene rings is 1. The fourth-order valence-electron chi connectivity index (χ4n) is 5.31. The summed E-state index contributed by atoms with van der Waals surface area (Å²) in [6.07, 6.45) is 0.742. The number of hydrogen-bond donors (Lipinski definition) is 3. The molecular weight excluding hydrogens is 617 g/mol. The van der Waals surface area contributed by atoms with Crippen LogP contribution in [0.15, 0.2) is 36.7 Å². The fourth-order valence-corrected chi connectivity index (χ4v) is 6.81. The van der Waals surface area contributed by atoms with Crippen molar-refractivity contribution in [3.8, 4) is 11.6 Å². The minimum Gasteiger partial charge on any atom is -0.476 e. The number of alkyl halides is 2. The molecule has 0 radical (unpaired) electrons. The zero-order chi connectivity index (χ0) is 32.4. The first kappa shape index (κ1) is 32.9. The second-order valence-corrected chi connectivity index (χ2v) is 12.9. The average Bonchev–Trinajstić information content (AvgIpc) is 3.50. The highest BCUT2D eigenvalue weighted by Crippen LogP contribution is 2.52. The van der Waals surface area contributed by atoms with Gasteiger partial charge in [-0.15, -0.1) is 0 Å². The van der Waals surface area contributed by atoms with Gasteiger partial charge in [0.2, 0.25) is 11.8 Å². The molecule has 14 nitrogen and oxygen atoms in total. The summed E-state index contributed by atoms with van der Waals surface area (Å²) < 4.78 is 74.5. The first-order valence-electron chi connectivity index (χ1n) is 14.7. The first-order chi connectivity index (χ1) is 21.3. The van der Waals surface area contributed by atoms with E-state index in [1.54, 1.807) is 25.1 Å². The van der Waals surface area contributed by atoms with E-state index in [1.807, 2.05) is 0 Å². The van der Waals surface area contributed by atoms with Crippen molar-refractivity contribution in [3.05, 3.63) is 36.7 Å². The fraction of sp³-hybridized carbons (Fsp3) is 0.571. The molecule has 1 saturated heterocycles. The Morgan fingerprint density at radius 2 is 1.98 bits per heavy atom. The summed E-state index contributed by atoms with van der Waals surface area (Å²) in [5, 5.41) is 13.6. The SMILES string of the molecule is CCOc1nc(N)nc2c1ncn2[C@@H]1O[C@](F)(COP(=O)(N[C@@H](C)C(=O)OC2CCCCC2)Oc2ccccc2)[C@@H](F)[C@@]1(C)O. The second kappa shape index (κ2) is 13.1. The zero-order valence-corrected chi connectivity index (χ0v) is 26.0. The topological polar surface area (TPSA) is 182 Å². The van der Waals surface area contributed by atoms with E-state index in [-0.39, 0.29) is 41.5 Å². The number of carbonyl (C=O) groups excluding carboxylic acids is 1. The van der Waals surface area contributed by atoms with Gasteiger partial charge in [-0.1, -0.05) is 24.6 Å². The minimum atomic E-state index is -4.60. The van der Waals surface area contributed by atoms with Crippen molar-refractivity contribution >= 4 is 30.8 Å². The number of rotatable bonds is 12. The number of nitrogens with one attached hydrogen (secondary N) is 1. The van der Waals surface area contributed by atoms with E-state index in [0.29, 0.717) is 12.8 Å². The normalized spacial score (nSPS) is 27.6. The first-order valence-corrected chi connectivity index (χ1v) is 16.2. The van der Waals surface area contributed by atoms with Crippen LogP contribution in [0, 0.1) is 0 Å². The molecule has 0 bridgehead atoms. The van der Waals surface area contributed by atoms with Crippen LogP contribution in [0.3, 0.4) is 0 Å². The van der Waals surface area contributed by atoms with Crippen LogP contribution in [0.1, 0.15) is 59.1 Å². The van der Waals surface area contributed by atoms with Gasteiger partial charge in [-0.25, -0.2) is 18.3 Å². The molecule has 3 aromatic rings. The zero-order valence-electron chi connectivity index (χ0n) is 25.1. The Kier molecular flexibility index (Phi) is 9.61. The lowest BCUT2D eigenvalue weighted by Crippen LogP contribution is -2.46. The Labute approximate surface area is 258 Å². The number of aliphatic hydroxyl groups is 1. The molecule has 246 valence electrons. The molecule has 1 aliphatic heterocycles. The summed E-state index contributed by atoms with van der Waals surface area (Å²) in [5.41, 5.74) is 3.40. The predicted octanol–water partition coefficient (Wildman–Crippen LogP) is 4.15. The van der Waals surface area contributed by atoms with Crippen LogP contribution in [0.25, 0.3) is 11.2 Å². The molecule has 3 heterocycles. The van der Waals surface area contributed by atoms with Crippen LogP contribution in [0.4, 0.5) is 14.7 Å². The number of imidazole rings is 1. The maximum atomic E-state index is 16.3. The number of fused-ring (bicyclic) bond motifs is 1. The number of para-hydroxylation sites is 1. The van der Waals surface area contributed by atoms with Gasteiger partial charge in [0.25, 0.3) is 5.85 Å². The molecule has 1 aromatic carbocycles. The number of ether oxygens (including phenoxy) is 3. The summed E-state index contributed by atoms with van der Waals surface area (Å²) in [7, 11) is -4.60. The Morgan fingerprint density at radius 3 is 2.67 bits per heavy atom. The van der Waals surface area contributed by atoms with E-state index in [0.717, 1.165) is 37.1 Å². The summed E-state index contributed by atoms with van der Waals surface area (Å²) in [6.45, 7) is 3.04. The quantitative estimate of drug-likeness (QED) is 0.187. The van der Waals surface area contributed by atoms with E-state index in [1.165, 1.54) is 19.1 Å². The number of hydrogen-bond acceptors (Lipinski definition) is 12. The van der Waals surface area contributed by atoms with E-state index in [4.69, 9.17) is 29.0 Å². The molecule has 5 rings (SSSR count). The maximum Gasteiger partial charge on any atom is 0.459 e. The molecule has 0 amide bonds. The molecule has 6 atom stereocenters. The van der Waals surface area contributed by atoms with Crippen LogP contribution in [0.2, 0.25) is 0 Å². The third-order valence-corrected chi connectivity index (χ3v) is 9.20. The molecule has 45 heavy (non-hydrogen) atoms. The average molecular weight is 655 g/mol. The van der Waals surface area contributed by atoms with Crippen molar-refractivity contribution in [2.45, 2.75) is 88.9 Å². The largest absolute Gasteiger partial charge is 0.476 e. The number of aromatic nitrogens is 4. The van der Waals surface area contributed by atoms with Crippen molar-refractivity contribution in [1.82, 2.24) is 24.6 Å². The van der Waals surface area contributed by atoms with Gasteiger partial charge in [0, 0.05) is 0 Å². The summed E-state index contributed by atoms with van der Waals surface area (Å²) in [6, 6.07) is 6.60. The standard InChI is InChI=1S/C28H37F2N6O8P/c1-4-40-22-20-21(33-26(31)34-22)36(16-32-20)25-27(3,38)24(29)28(30,43-25)15-41-45(39,44-19-13-9-6-10-14-19)35-17(2)23(37)42-18-11-7-5-8-12-18/h6,9-10,13-14,16-18,24-25,38H,4-5,7-8,11-12,15H2,1-3H3,(H,35,39)(H2,31,33,34)/t17-,24-,25+,27+,28+,45?/m0/s1. The highest BCUT2D eigenvalue weighted by Gasteiger charge is 2.65. The molecule has 2 aliphatic rings. The molecule has 2 aromatic heterocycles. The van der Waals surface area contributed by atoms with Crippen LogP contribution >= 0.6 is 7.75 Å². The lowest BCUT2D eigenvalue weighted by atomic mass is 9.97. The van der Waals surface area contributed by atoms with Crippen molar-refractivity contribution < 1.29 is 46.5 Å². The lowest BCUT2D eigenvalue weighted by Gasteiger charge is -2.28. The number of esters is 1. The van der Waals surface area contributed by atoms with Crippen LogP contribution < -0.4 is 20.1 Å². The van der Waals surface area contributed by atoms with Crippen LogP contribution in [-0.2, 0) is 23.4 Å². The van der Waals surface area contributed by atoms with Gasteiger partial charge in [0.1, 0.15) is 30.1 Å². The summed E-state index contributed by atoms with van der Waals surface area (Å²) in [5.74, 6) is -4.17. The van der Waals surface area contributed by atoms with E-state index in [9.17, 15) is 14.5 Å². The number of nitrogens with two attached hydrogens (primary N) is 1. The smallest absolute Gasteiger partial charge is 0.459 e. The maximum absolute atomic E-state index is 16.3. The summed E-state index contributed by atoms with van der Waals surface area (Å²) >= 11 is 0. The van der Waals surface area contributed by atoms with Crippen molar-refractivity contribution in [1.29, 1.82) is 0 Å². The Hall–Kier alpha value is -3.43. The monoisotopic (exact) mass is 654 g/mol. The van der Waals surface area contributed by atoms with Crippen molar-refractivity contribution in [2.24, 2.45) is 0 Å². The predicted molar refractivity (Wildman–Crippen MR) is 157 cm³/mol. The Bertz CT molecular complexity index is 1540. The molecular formula is C28H37F2N6O8P. The molecule has 1 saturated carbocycles. The number of nitrogen functional groups attached to an aromatic ring is 1. The van der Waals surface area contributed by atoms with E-state index in [2.05, 4.69) is 20.0 Å². The molecule has 1 aliphatic carbocycles. The van der Waals surface area contributed by atoms with Gasteiger partial charge in [-0.2, -0.15) is 15.1 Å². The highest BCUT2D eigenvalue weighted by molar-refractivity contribution is 7.52. The highest BCUT2D eigenvalue weighted by atomic mass is 31.2. The third-order valence-electron chi connectivity index (χ3n) is 7.58. The van der Waals surface area contributed by atoms with Gasteiger partial charge < -0.3 is 29.6 Å². The Balaban J connectivity index is 1.37. The van der Waals surface area contributed by atoms with Gasteiger partial charge in [0.15, 0.2) is 23.6 Å². The minimum absolute atomic E-state index is 0.0151.